The Hall–Kier alpha value is -1.58. The van der Waals surface area contributed by atoms with Crippen LogP contribution in [0.3, 0.4) is 0 Å². The average Bonchev–Trinajstić information content (AvgIpc) is 2.27. The SMILES string of the molecule is N=c1nc2ccccn2o1. The maximum Gasteiger partial charge on any atom is 0.338 e. The summed E-state index contributed by atoms with van der Waals surface area (Å²) < 4.78 is 6.29. The summed E-state index contributed by atoms with van der Waals surface area (Å²) in [5, 5.41) is 7.02. The fraction of sp³-hybridized carbons (Fsp3) is 0. The van der Waals surface area contributed by atoms with Crippen molar-refractivity contribution in [3.8, 4) is 0 Å². The van der Waals surface area contributed by atoms with Gasteiger partial charge in [0.2, 0.25) is 0 Å². The van der Waals surface area contributed by atoms with Crippen molar-refractivity contribution >= 4 is 5.65 Å². The lowest BCUT2D eigenvalue weighted by atomic mass is 10.5. The first kappa shape index (κ1) is 5.22. The van der Waals surface area contributed by atoms with Crippen LogP contribution < -0.4 is 5.68 Å². The molecule has 0 spiro atoms. The number of aromatic nitrogens is 2. The summed E-state index contributed by atoms with van der Waals surface area (Å²) in [6.45, 7) is 0. The molecule has 1 N–H and O–H groups in total. The van der Waals surface area contributed by atoms with Crippen LogP contribution >= 0.6 is 0 Å². The third-order valence-electron chi connectivity index (χ3n) is 1.20. The van der Waals surface area contributed by atoms with Gasteiger partial charge in [-0.2, -0.15) is 9.56 Å². The van der Waals surface area contributed by atoms with Crippen molar-refractivity contribution < 1.29 is 4.52 Å². The number of pyridine rings is 1. The first-order chi connectivity index (χ1) is 4.86. The number of rotatable bonds is 0. The molecule has 0 aliphatic rings. The van der Waals surface area contributed by atoms with Crippen molar-refractivity contribution in [2.24, 2.45) is 0 Å². The highest BCUT2D eigenvalue weighted by atomic mass is 16.5. The third kappa shape index (κ3) is 0.621. The topological polar surface area (TPSA) is 54.3 Å². The lowest BCUT2D eigenvalue weighted by molar-refractivity contribution is 0.330. The maximum atomic E-state index is 7.02. The second-order valence-electron chi connectivity index (χ2n) is 1.89. The quantitative estimate of drug-likeness (QED) is 0.568. The predicted octanol–water partition coefficient (Wildman–Crippen LogP) is 0.407. The van der Waals surface area contributed by atoms with Gasteiger partial charge in [-0.15, -0.1) is 0 Å². The Labute approximate surface area is 56.2 Å². The zero-order valence-electron chi connectivity index (χ0n) is 5.11. The van der Waals surface area contributed by atoms with Gasteiger partial charge in [0.05, 0.1) is 0 Å². The van der Waals surface area contributed by atoms with Gasteiger partial charge in [0, 0.05) is 6.20 Å². The van der Waals surface area contributed by atoms with E-state index in [2.05, 4.69) is 4.98 Å². The van der Waals surface area contributed by atoms with E-state index in [1.165, 1.54) is 4.57 Å². The van der Waals surface area contributed by atoms with Crippen molar-refractivity contribution in [2.45, 2.75) is 0 Å². The van der Waals surface area contributed by atoms with E-state index >= 15 is 0 Å². The second kappa shape index (κ2) is 1.70. The monoisotopic (exact) mass is 135 g/mol. The van der Waals surface area contributed by atoms with Gasteiger partial charge >= 0.3 is 5.68 Å². The van der Waals surface area contributed by atoms with E-state index < -0.39 is 0 Å². The van der Waals surface area contributed by atoms with E-state index in [1.54, 1.807) is 12.3 Å². The van der Waals surface area contributed by atoms with Gasteiger partial charge in [-0.1, -0.05) is 6.07 Å². The van der Waals surface area contributed by atoms with Crippen molar-refractivity contribution in [3.05, 3.63) is 30.1 Å². The Morgan fingerprint density at radius 1 is 1.50 bits per heavy atom. The molecule has 2 heterocycles. The molecule has 2 aromatic rings. The molecule has 0 amide bonds. The van der Waals surface area contributed by atoms with Crippen molar-refractivity contribution in [1.29, 1.82) is 5.41 Å². The molecule has 0 fully saturated rings. The molecule has 0 aliphatic heterocycles. The van der Waals surface area contributed by atoms with Gasteiger partial charge in [-0.3, -0.25) is 0 Å². The Kier molecular flexibility index (Phi) is 0.887. The summed E-state index contributed by atoms with van der Waals surface area (Å²) in [7, 11) is 0. The Bertz CT molecular complexity index is 364. The molecule has 4 nitrogen and oxygen atoms in total. The van der Waals surface area contributed by atoms with E-state index in [0.29, 0.717) is 5.65 Å². The highest BCUT2D eigenvalue weighted by Crippen LogP contribution is 1.93. The predicted molar refractivity (Wildman–Crippen MR) is 33.3 cm³/mol. The summed E-state index contributed by atoms with van der Waals surface area (Å²) >= 11 is 0. The number of nitrogens with zero attached hydrogens (tertiary/aromatic N) is 2. The largest absolute Gasteiger partial charge is 0.338 e. The molecule has 0 saturated heterocycles. The van der Waals surface area contributed by atoms with Crippen LogP contribution in [-0.2, 0) is 0 Å². The summed E-state index contributed by atoms with van der Waals surface area (Å²) in [5.41, 5.74) is 0.596. The molecule has 50 valence electrons. The van der Waals surface area contributed by atoms with Crippen LogP contribution in [0.1, 0.15) is 0 Å². The van der Waals surface area contributed by atoms with Crippen LogP contribution in [0, 0.1) is 5.41 Å². The van der Waals surface area contributed by atoms with Crippen molar-refractivity contribution in [2.75, 3.05) is 0 Å². The summed E-state index contributed by atoms with van der Waals surface area (Å²) in [6, 6.07) is 5.44. The number of hydrogen-bond acceptors (Lipinski definition) is 3. The highest BCUT2D eigenvalue weighted by Gasteiger charge is 1.92. The van der Waals surface area contributed by atoms with E-state index in [9.17, 15) is 0 Å². The Morgan fingerprint density at radius 2 is 2.40 bits per heavy atom. The molecule has 0 saturated carbocycles. The standard InChI is InChI=1S/C6H5N3O/c7-6-8-5-3-1-2-4-9(5)10-6/h1-4,7H. The zero-order chi connectivity index (χ0) is 6.97. The molecule has 4 heteroatoms. The van der Waals surface area contributed by atoms with Gasteiger partial charge in [0.25, 0.3) is 0 Å². The fourth-order valence-corrected chi connectivity index (χ4v) is 0.801. The van der Waals surface area contributed by atoms with Crippen molar-refractivity contribution in [1.82, 2.24) is 9.56 Å². The van der Waals surface area contributed by atoms with Gasteiger partial charge in [0.15, 0.2) is 5.65 Å². The minimum atomic E-state index is -0.0637. The Balaban J connectivity index is 3.01. The van der Waals surface area contributed by atoms with Gasteiger partial charge in [-0.25, -0.2) is 5.41 Å². The molecule has 0 bridgehead atoms. The van der Waals surface area contributed by atoms with E-state index in [1.807, 2.05) is 12.1 Å². The fourth-order valence-electron chi connectivity index (χ4n) is 0.801. The normalized spacial score (nSPS) is 10.4. The summed E-state index contributed by atoms with van der Waals surface area (Å²) in [4.78, 5) is 3.78. The van der Waals surface area contributed by atoms with E-state index in [0.717, 1.165) is 0 Å². The minimum absolute atomic E-state index is 0.0637. The van der Waals surface area contributed by atoms with E-state index in [4.69, 9.17) is 9.93 Å². The van der Waals surface area contributed by atoms with Crippen LogP contribution in [0.25, 0.3) is 5.65 Å². The first-order valence-corrected chi connectivity index (χ1v) is 2.85. The minimum Gasteiger partial charge on any atom is -0.332 e. The molecular weight excluding hydrogens is 130 g/mol. The maximum absolute atomic E-state index is 7.02. The molecule has 0 aliphatic carbocycles. The average molecular weight is 135 g/mol. The lowest BCUT2D eigenvalue weighted by Gasteiger charge is -1.83. The first-order valence-electron chi connectivity index (χ1n) is 2.85. The van der Waals surface area contributed by atoms with Gasteiger partial charge in [0.1, 0.15) is 0 Å². The Morgan fingerprint density at radius 3 is 3.20 bits per heavy atom. The van der Waals surface area contributed by atoms with E-state index in [-0.39, 0.29) is 5.68 Å². The molecule has 2 rings (SSSR count). The highest BCUT2D eigenvalue weighted by molar-refractivity contribution is 5.33. The molecule has 2 aromatic heterocycles. The summed E-state index contributed by atoms with van der Waals surface area (Å²) in [5.74, 6) is 0. The van der Waals surface area contributed by atoms with Crippen LogP contribution in [0.5, 0.6) is 0 Å². The molecular formula is C6H5N3O. The number of hydrogen-bond donors (Lipinski definition) is 1. The van der Waals surface area contributed by atoms with Crippen LogP contribution in [0.15, 0.2) is 28.9 Å². The molecule has 0 atom stereocenters. The van der Waals surface area contributed by atoms with Crippen LogP contribution in [0.2, 0.25) is 0 Å². The van der Waals surface area contributed by atoms with Crippen molar-refractivity contribution in [3.63, 3.8) is 0 Å². The van der Waals surface area contributed by atoms with Crippen LogP contribution in [0.4, 0.5) is 0 Å². The zero-order valence-corrected chi connectivity index (χ0v) is 5.11. The van der Waals surface area contributed by atoms with Crippen LogP contribution in [-0.4, -0.2) is 9.56 Å². The summed E-state index contributed by atoms with van der Waals surface area (Å²) in [6.07, 6.45) is 1.71. The second-order valence-corrected chi connectivity index (χ2v) is 1.89. The number of nitrogens with one attached hydrogen (secondary N) is 1. The third-order valence-corrected chi connectivity index (χ3v) is 1.20. The molecule has 0 radical (unpaired) electrons. The molecule has 0 unspecified atom stereocenters. The molecule has 10 heavy (non-hydrogen) atoms. The van der Waals surface area contributed by atoms with Gasteiger partial charge < -0.3 is 4.52 Å². The van der Waals surface area contributed by atoms with Gasteiger partial charge in [-0.05, 0) is 12.1 Å². The molecule has 0 aromatic carbocycles. The lowest BCUT2D eigenvalue weighted by Crippen LogP contribution is -1.93. The number of fused-ring (bicyclic) bond motifs is 1. The smallest absolute Gasteiger partial charge is 0.332 e.